The smallest absolute Gasteiger partial charge is 0.251 e. The van der Waals surface area contributed by atoms with E-state index in [-0.39, 0.29) is 17.5 Å². The van der Waals surface area contributed by atoms with Crippen molar-refractivity contribution in [3.8, 4) is 0 Å². The van der Waals surface area contributed by atoms with Crippen LogP contribution in [0.25, 0.3) is 0 Å². The summed E-state index contributed by atoms with van der Waals surface area (Å²) in [5, 5.41) is 5.99. The molecule has 0 aromatic heterocycles. The number of aliphatic imine (C=N–C) groups is 1. The molecule has 0 radical (unpaired) electrons. The van der Waals surface area contributed by atoms with Crippen molar-refractivity contribution < 1.29 is 4.79 Å². The van der Waals surface area contributed by atoms with E-state index in [1.54, 1.807) is 0 Å². The summed E-state index contributed by atoms with van der Waals surface area (Å²) in [6.45, 7) is 6.12. The maximum absolute atomic E-state index is 11.8. The van der Waals surface area contributed by atoms with Gasteiger partial charge in [0.1, 0.15) is 6.04 Å². The van der Waals surface area contributed by atoms with E-state index >= 15 is 0 Å². The zero-order valence-electron chi connectivity index (χ0n) is 11.7. The summed E-state index contributed by atoms with van der Waals surface area (Å²) in [5.74, 6) is 0.582. The Morgan fingerprint density at radius 3 is 2.58 bits per heavy atom. The number of carbonyl (C=O) groups is 1. The first kappa shape index (κ1) is 13.6. The third-order valence-electron chi connectivity index (χ3n) is 2.87. The Balaban J connectivity index is 1.92. The van der Waals surface area contributed by atoms with Crippen molar-refractivity contribution >= 4 is 11.9 Å². The molecule has 2 N–H and O–H groups in total. The molecular formula is C15H21N3O. The zero-order valence-corrected chi connectivity index (χ0v) is 11.7. The Kier molecular flexibility index (Phi) is 3.88. The molecule has 1 aromatic carbocycles. The van der Waals surface area contributed by atoms with Crippen LogP contribution in [0.2, 0.25) is 0 Å². The Hall–Kier alpha value is -1.84. The quantitative estimate of drug-likeness (QED) is 0.870. The van der Waals surface area contributed by atoms with Crippen LogP contribution in [0.3, 0.4) is 0 Å². The molecule has 0 saturated carbocycles. The molecule has 1 heterocycles. The molecule has 4 heteroatoms. The summed E-state index contributed by atoms with van der Waals surface area (Å²) in [6.07, 6.45) is 1.61. The third-order valence-corrected chi connectivity index (χ3v) is 2.87. The summed E-state index contributed by atoms with van der Waals surface area (Å²) >= 11 is 0. The molecule has 1 aliphatic rings. The highest BCUT2D eigenvalue weighted by Crippen LogP contribution is 2.11. The van der Waals surface area contributed by atoms with Gasteiger partial charge in [0.05, 0.1) is 0 Å². The van der Waals surface area contributed by atoms with E-state index in [1.165, 1.54) is 5.56 Å². The summed E-state index contributed by atoms with van der Waals surface area (Å²) in [6, 6.07) is 9.90. The van der Waals surface area contributed by atoms with Gasteiger partial charge in [0.2, 0.25) is 0 Å². The van der Waals surface area contributed by atoms with Crippen molar-refractivity contribution in [2.75, 3.05) is 0 Å². The van der Waals surface area contributed by atoms with E-state index in [4.69, 9.17) is 0 Å². The molecule has 1 amide bonds. The predicted octanol–water partition coefficient (Wildman–Crippen LogP) is 1.86. The summed E-state index contributed by atoms with van der Waals surface area (Å²) in [4.78, 5) is 16.2. The molecule has 0 aliphatic carbocycles. The fraction of sp³-hybridized carbons (Fsp3) is 0.467. The number of nitrogens with zero attached hydrogens (tertiary/aromatic N) is 1. The molecule has 102 valence electrons. The van der Waals surface area contributed by atoms with E-state index < -0.39 is 0 Å². The summed E-state index contributed by atoms with van der Waals surface area (Å²) < 4.78 is 0. The topological polar surface area (TPSA) is 53.5 Å². The highest BCUT2D eigenvalue weighted by molar-refractivity contribution is 6.05. The average Bonchev–Trinajstić information content (AvgIpc) is 2.66. The van der Waals surface area contributed by atoms with Gasteiger partial charge in [-0.15, -0.1) is 0 Å². The second kappa shape index (κ2) is 5.43. The predicted molar refractivity (Wildman–Crippen MR) is 77.0 cm³/mol. The second-order valence-electron chi connectivity index (χ2n) is 5.88. The van der Waals surface area contributed by atoms with Crippen LogP contribution in [0.15, 0.2) is 35.3 Å². The minimum Gasteiger partial charge on any atom is -0.351 e. The number of hydrogen-bond acceptors (Lipinski definition) is 3. The molecule has 1 aliphatic heterocycles. The maximum Gasteiger partial charge on any atom is 0.251 e. The number of carbonyl (C=O) groups excluding carboxylic acids is 1. The number of nitrogens with one attached hydrogen (secondary N) is 2. The van der Waals surface area contributed by atoms with Gasteiger partial charge < -0.3 is 5.32 Å². The van der Waals surface area contributed by atoms with E-state index in [9.17, 15) is 4.79 Å². The van der Waals surface area contributed by atoms with Crippen LogP contribution in [0, 0.1) is 0 Å². The van der Waals surface area contributed by atoms with Crippen molar-refractivity contribution in [3.05, 3.63) is 35.9 Å². The lowest BCUT2D eigenvalue weighted by atomic mass is 10.1. The number of benzene rings is 1. The molecule has 1 aromatic rings. The van der Waals surface area contributed by atoms with Crippen molar-refractivity contribution in [1.29, 1.82) is 0 Å². The van der Waals surface area contributed by atoms with Crippen LogP contribution < -0.4 is 10.6 Å². The van der Waals surface area contributed by atoms with Gasteiger partial charge in [0.25, 0.3) is 5.91 Å². The van der Waals surface area contributed by atoms with Gasteiger partial charge in [-0.2, -0.15) is 0 Å². The molecule has 1 atom stereocenters. The number of aryl methyl sites for hydroxylation is 1. The third kappa shape index (κ3) is 4.09. The molecule has 0 spiro atoms. The van der Waals surface area contributed by atoms with Crippen LogP contribution in [-0.2, 0) is 11.2 Å². The van der Waals surface area contributed by atoms with E-state index in [0.29, 0.717) is 5.96 Å². The molecule has 0 saturated heterocycles. The zero-order chi connectivity index (χ0) is 13.9. The van der Waals surface area contributed by atoms with Crippen LogP contribution in [0.5, 0.6) is 0 Å². The number of amides is 1. The molecule has 0 bridgehead atoms. The number of rotatable bonds is 3. The van der Waals surface area contributed by atoms with Gasteiger partial charge in [0, 0.05) is 5.54 Å². The van der Waals surface area contributed by atoms with E-state index in [0.717, 1.165) is 12.8 Å². The first-order valence-corrected chi connectivity index (χ1v) is 6.65. The van der Waals surface area contributed by atoms with Gasteiger partial charge in [0.15, 0.2) is 5.96 Å². The van der Waals surface area contributed by atoms with Gasteiger partial charge in [-0.05, 0) is 39.2 Å². The summed E-state index contributed by atoms with van der Waals surface area (Å²) in [5.41, 5.74) is 1.14. The lowest BCUT2D eigenvalue weighted by Gasteiger charge is -2.21. The molecule has 19 heavy (non-hydrogen) atoms. The van der Waals surface area contributed by atoms with Crippen LogP contribution in [0.1, 0.15) is 32.8 Å². The standard InChI is InChI=1S/C15H21N3O/c1-15(2,3)18-14-16-12(13(19)17-14)10-9-11-7-5-4-6-8-11/h4-8,12H,9-10H2,1-3H3,(H2,16,17,18,19). The number of hydrogen-bond donors (Lipinski definition) is 2. The van der Waals surface area contributed by atoms with Crippen molar-refractivity contribution in [1.82, 2.24) is 10.6 Å². The normalized spacial score (nSPS) is 19.0. The fourth-order valence-corrected chi connectivity index (χ4v) is 2.01. The monoisotopic (exact) mass is 259 g/mol. The van der Waals surface area contributed by atoms with Crippen molar-refractivity contribution in [2.24, 2.45) is 4.99 Å². The van der Waals surface area contributed by atoms with Crippen LogP contribution >= 0.6 is 0 Å². The van der Waals surface area contributed by atoms with Gasteiger partial charge in [-0.1, -0.05) is 30.3 Å². The first-order chi connectivity index (χ1) is 8.94. The van der Waals surface area contributed by atoms with Crippen molar-refractivity contribution in [3.63, 3.8) is 0 Å². The SMILES string of the molecule is CC(C)(C)NC1=NC(CCc2ccccc2)C(=O)N1. The van der Waals surface area contributed by atoms with Crippen LogP contribution in [0.4, 0.5) is 0 Å². The molecular weight excluding hydrogens is 238 g/mol. The molecule has 1 unspecified atom stereocenters. The average molecular weight is 259 g/mol. The van der Waals surface area contributed by atoms with Crippen molar-refractivity contribution in [2.45, 2.75) is 45.2 Å². The number of guanidine groups is 1. The highest BCUT2D eigenvalue weighted by atomic mass is 16.2. The lowest BCUT2D eigenvalue weighted by Crippen LogP contribution is -2.46. The minimum atomic E-state index is -0.273. The Bertz CT molecular complexity index is 474. The lowest BCUT2D eigenvalue weighted by molar-refractivity contribution is -0.120. The van der Waals surface area contributed by atoms with E-state index in [1.807, 2.05) is 39.0 Å². The molecule has 2 rings (SSSR count). The van der Waals surface area contributed by atoms with Crippen LogP contribution in [-0.4, -0.2) is 23.4 Å². The highest BCUT2D eigenvalue weighted by Gasteiger charge is 2.27. The Morgan fingerprint density at radius 2 is 1.95 bits per heavy atom. The van der Waals surface area contributed by atoms with Gasteiger partial charge in [-0.25, -0.2) is 4.99 Å². The largest absolute Gasteiger partial charge is 0.351 e. The fourth-order valence-electron chi connectivity index (χ4n) is 2.01. The molecule has 4 nitrogen and oxygen atoms in total. The van der Waals surface area contributed by atoms with Gasteiger partial charge >= 0.3 is 0 Å². The summed E-state index contributed by atoms with van der Waals surface area (Å²) in [7, 11) is 0. The molecule has 0 fully saturated rings. The Labute approximate surface area is 114 Å². The maximum atomic E-state index is 11.8. The first-order valence-electron chi connectivity index (χ1n) is 6.65. The Morgan fingerprint density at radius 1 is 1.26 bits per heavy atom. The van der Waals surface area contributed by atoms with E-state index in [2.05, 4.69) is 27.8 Å². The minimum absolute atomic E-state index is 0.0114. The second-order valence-corrected chi connectivity index (χ2v) is 5.88. The van der Waals surface area contributed by atoms with Gasteiger partial charge in [-0.3, -0.25) is 10.1 Å².